The maximum absolute atomic E-state index is 5.64. The second kappa shape index (κ2) is 7.14. The Balaban J connectivity index is 2.09. The van der Waals surface area contributed by atoms with Crippen molar-refractivity contribution in [2.75, 3.05) is 19.1 Å². The molecule has 0 saturated heterocycles. The van der Waals surface area contributed by atoms with E-state index in [0.29, 0.717) is 12.6 Å². The van der Waals surface area contributed by atoms with Crippen molar-refractivity contribution in [2.24, 2.45) is 5.73 Å². The molecule has 0 amide bonds. The molecule has 3 nitrogen and oxygen atoms in total. The lowest BCUT2D eigenvalue weighted by molar-refractivity contribution is 0.408. The molecule has 0 aliphatic rings. The van der Waals surface area contributed by atoms with E-state index in [1.54, 1.807) is 7.11 Å². The summed E-state index contributed by atoms with van der Waals surface area (Å²) < 4.78 is 5.43. The minimum absolute atomic E-state index is 0.380. The first-order valence-corrected chi connectivity index (χ1v) is 7.29. The Morgan fingerprint density at radius 2 is 1.76 bits per heavy atom. The molecule has 0 aliphatic heterocycles. The molecule has 1 atom stereocenters. The summed E-state index contributed by atoms with van der Waals surface area (Å²) >= 11 is 0. The lowest BCUT2D eigenvalue weighted by Crippen LogP contribution is -2.30. The molecule has 2 N–H and O–H groups in total. The van der Waals surface area contributed by atoms with Gasteiger partial charge >= 0.3 is 0 Å². The first-order chi connectivity index (χ1) is 10.2. The van der Waals surface area contributed by atoms with Gasteiger partial charge in [-0.3, -0.25) is 0 Å². The molecule has 0 aliphatic carbocycles. The lowest BCUT2D eigenvalue weighted by Gasteiger charge is -2.28. The largest absolute Gasteiger partial charge is 0.496 e. The van der Waals surface area contributed by atoms with Crippen molar-refractivity contribution in [3.63, 3.8) is 0 Å². The third-order valence-electron chi connectivity index (χ3n) is 3.95. The summed E-state index contributed by atoms with van der Waals surface area (Å²) in [5.74, 6) is 0.955. The van der Waals surface area contributed by atoms with Gasteiger partial charge in [0, 0.05) is 25.3 Å². The Morgan fingerprint density at radius 3 is 2.38 bits per heavy atom. The number of hydrogen-bond donors (Lipinski definition) is 1. The van der Waals surface area contributed by atoms with Gasteiger partial charge in [0.05, 0.1) is 7.11 Å². The molecule has 2 rings (SSSR count). The summed E-state index contributed by atoms with van der Waals surface area (Å²) in [5.41, 5.74) is 9.24. The van der Waals surface area contributed by atoms with Gasteiger partial charge in [-0.1, -0.05) is 30.3 Å². The third kappa shape index (κ3) is 3.76. The van der Waals surface area contributed by atoms with E-state index >= 15 is 0 Å². The number of para-hydroxylation sites is 1. The van der Waals surface area contributed by atoms with Crippen molar-refractivity contribution < 1.29 is 4.74 Å². The van der Waals surface area contributed by atoms with E-state index in [0.717, 1.165) is 17.7 Å². The molecule has 21 heavy (non-hydrogen) atoms. The molecule has 2 aromatic rings. The van der Waals surface area contributed by atoms with Crippen LogP contribution in [0.4, 0.5) is 5.69 Å². The van der Waals surface area contributed by atoms with Crippen LogP contribution in [-0.2, 0) is 13.0 Å². The molecular formula is C18H24N2O. The van der Waals surface area contributed by atoms with E-state index in [-0.39, 0.29) is 0 Å². The number of nitrogens with zero attached hydrogens (tertiary/aromatic N) is 1. The van der Waals surface area contributed by atoms with Crippen molar-refractivity contribution in [3.8, 4) is 5.75 Å². The first-order valence-electron chi connectivity index (χ1n) is 7.29. The Kier molecular flexibility index (Phi) is 5.23. The van der Waals surface area contributed by atoms with Crippen LogP contribution in [0.15, 0.2) is 48.5 Å². The van der Waals surface area contributed by atoms with Crippen LogP contribution < -0.4 is 15.4 Å². The molecule has 0 aromatic heterocycles. The summed E-state index contributed by atoms with van der Waals surface area (Å²) in [4.78, 5) is 2.28. The van der Waals surface area contributed by atoms with E-state index in [9.17, 15) is 0 Å². The number of ether oxygens (including phenoxy) is 1. The lowest BCUT2D eigenvalue weighted by atomic mass is 10.0. The topological polar surface area (TPSA) is 38.5 Å². The minimum atomic E-state index is 0.380. The van der Waals surface area contributed by atoms with E-state index in [1.807, 2.05) is 12.1 Å². The molecule has 1 unspecified atom stereocenters. The zero-order chi connectivity index (χ0) is 15.2. The van der Waals surface area contributed by atoms with Gasteiger partial charge in [0.25, 0.3) is 0 Å². The Hall–Kier alpha value is -2.00. The predicted molar refractivity (Wildman–Crippen MR) is 88.9 cm³/mol. The highest BCUT2D eigenvalue weighted by Crippen LogP contribution is 2.23. The van der Waals surface area contributed by atoms with Crippen molar-refractivity contribution in [2.45, 2.75) is 25.9 Å². The van der Waals surface area contributed by atoms with Gasteiger partial charge in [0.1, 0.15) is 5.75 Å². The average molecular weight is 284 g/mol. The number of rotatable bonds is 6. The van der Waals surface area contributed by atoms with Crippen molar-refractivity contribution >= 4 is 5.69 Å². The minimum Gasteiger partial charge on any atom is -0.496 e. The van der Waals surface area contributed by atoms with Crippen LogP contribution in [0.25, 0.3) is 0 Å². The molecular weight excluding hydrogens is 260 g/mol. The van der Waals surface area contributed by atoms with Gasteiger partial charge in [0.2, 0.25) is 0 Å². The second-order valence-electron chi connectivity index (χ2n) is 5.35. The molecule has 0 radical (unpaired) electrons. The quantitative estimate of drug-likeness (QED) is 0.885. The molecule has 0 fully saturated rings. The number of nitrogens with two attached hydrogens (primary N) is 1. The zero-order valence-corrected chi connectivity index (χ0v) is 13.0. The number of methoxy groups -OCH3 is 1. The van der Waals surface area contributed by atoms with E-state index in [1.165, 1.54) is 11.3 Å². The van der Waals surface area contributed by atoms with Crippen LogP contribution in [0.3, 0.4) is 0 Å². The summed E-state index contributed by atoms with van der Waals surface area (Å²) in [6.45, 7) is 2.81. The van der Waals surface area contributed by atoms with Gasteiger partial charge in [-0.2, -0.15) is 0 Å². The van der Waals surface area contributed by atoms with Crippen LogP contribution in [0.5, 0.6) is 5.75 Å². The number of anilines is 1. The number of benzene rings is 2. The van der Waals surface area contributed by atoms with Gasteiger partial charge in [-0.15, -0.1) is 0 Å². The summed E-state index contributed by atoms with van der Waals surface area (Å²) in [5, 5.41) is 0. The SMILES string of the molecule is COc1ccccc1CC(C)N(C)c1ccc(CN)cc1. The van der Waals surface area contributed by atoms with Gasteiger partial charge in [0.15, 0.2) is 0 Å². The van der Waals surface area contributed by atoms with Crippen molar-refractivity contribution in [3.05, 3.63) is 59.7 Å². The maximum Gasteiger partial charge on any atom is 0.122 e. The second-order valence-corrected chi connectivity index (χ2v) is 5.35. The Labute approximate surface area is 127 Å². The highest BCUT2D eigenvalue weighted by molar-refractivity contribution is 5.48. The fourth-order valence-corrected chi connectivity index (χ4v) is 2.45. The molecule has 0 spiro atoms. The molecule has 3 heteroatoms. The molecule has 2 aromatic carbocycles. The van der Waals surface area contributed by atoms with Crippen LogP contribution in [0.1, 0.15) is 18.1 Å². The molecule has 0 bridgehead atoms. The molecule has 0 heterocycles. The van der Waals surface area contributed by atoms with Crippen LogP contribution in [0.2, 0.25) is 0 Å². The highest BCUT2D eigenvalue weighted by Gasteiger charge is 2.13. The van der Waals surface area contributed by atoms with Crippen molar-refractivity contribution in [1.29, 1.82) is 0 Å². The standard InChI is InChI=1S/C18H24N2O/c1-14(12-16-6-4-5-7-18(16)21-3)20(2)17-10-8-15(13-19)9-11-17/h4-11,14H,12-13,19H2,1-3H3. The van der Waals surface area contributed by atoms with Crippen molar-refractivity contribution in [1.82, 2.24) is 0 Å². The number of hydrogen-bond acceptors (Lipinski definition) is 3. The Bertz CT molecular complexity index is 566. The highest BCUT2D eigenvalue weighted by atomic mass is 16.5. The summed E-state index contributed by atoms with van der Waals surface area (Å²) in [7, 11) is 3.84. The summed E-state index contributed by atoms with van der Waals surface area (Å²) in [6.07, 6.45) is 0.944. The van der Waals surface area contributed by atoms with Gasteiger partial charge in [-0.25, -0.2) is 0 Å². The zero-order valence-electron chi connectivity index (χ0n) is 13.0. The van der Waals surface area contributed by atoms with E-state index in [2.05, 4.69) is 55.3 Å². The molecule has 0 saturated carbocycles. The van der Waals surface area contributed by atoms with E-state index < -0.39 is 0 Å². The van der Waals surface area contributed by atoms with E-state index in [4.69, 9.17) is 10.5 Å². The fourth-order valence-electron chi connectivity index (χ4n) is 2.45. The van der Waals surface area contributed by atoms with Crippen LogP contribution in [-0.4, -0.2) is 20.2 Å². The van der Waals surface area contributed by atoms with Crippen LogP contribution >= 0.6 is 0 Å². The first kappa shape index (κ1) is 15.4. The van der Waals surface area contributed by atoms with Gasteiger partial charge in [-0.05, 0) is 42.7 Å². The fraction of sp³-hybridized carbons (Fsp3) is 0.333. The third-order valence-corrected chi connectivity index (χ3v) is 3.95. The normalized spacial score (nSPS) is 12.0. The maximum atomic E-state index is 5.64. The number of likely N-dealkylation sites (N-methyl/N-ethyl adjacent to an activating group) is 1. The van der Waals surface area contributed by atoms with Crippen LogP contribution in [0, 0.1) is 0 Å². The molecule has 112 valence electrons. The summed E-state index contributed by atoms with van der Waals surface area (Å²) in [6, 6.07) is 17.0. The monoisotopic (exact) mass is 284 g/mol. The predicted octanol–water partition coefficient (Wildman–Crippen LogP) is 3.22. The smallest absolute Gasteiger partial charge is 0.122 e. The van der Waals surface area contributed by atoms with Gasteiger partial charge < -0.3 is 15.4 Å². The Morgan fingerprint density at radius 1 is 1.10 bits per heavy atom. The average Bonchev–Trinajstić information content (AvgIpc) is 2.54.